The highest BCUT2D eigenvalue weighted by molar-refractivity contribution is 7.14. The van der Waals surface area contributed by atoms with E-state index in [0.29, 0.717) is 18.8 Å². The lowest BCUT2D eigenvalue weighted by atomic mass is 10.1. The van der Waals surface area contributed by atoms with Crippen LogP contribution in [-0.2, 0) is 25.8 Å². The van der Waals surface area contributed by atoms with Gasteiger partial charge in [0, 0.05) is 30.2 Å². The van der Waals surface area contributed by atoms with E-state index >= 15 is 0 Å². The van der Waals surface area contributed by atoms with Crippen molar-refractivity contribution in [2.45, 2.75) is 25.8 Å². The zero-order chi connectivity index (χ0) is 19.6. The zero-order valence-corrected chi connectivity index (χ0v) is 16.7. The second-order valence-electron chi connectivity index (χ2n) is 7.15. The van der Waals surface area contributed by atoms with Crippen molar-refractivity contribution in [3.63, 3.8) is 0 Å². The molecule has 0 fully saturated rings. The Morgan fingerprint density at radius 3 is 2.76 bits per heavy atom. The summed E-state index contributed by atoms with van der Waals surface area (Å²) in [5.74, 6) is 0.00275. The van der Waals surface area contributed by atoms with Gasteiger partial charge in [-0.05, 0) is 30.5 Å². The average molecular weight is 404 g/mol. The highest BCUT2D eigenvalue weighted by atomic mass is 32.1. The minimum Gasteiger partial charge on any atom is -0.347 e. The monoisotopic (exact) mass is 403 g/mol. The number of fused-ring (bicyclic) bond motifs is 1. The number of carbonyl (C=O) groups is 1. The van der Waals surface area contributed by atoms with Gasteiger partial charge in [0.25, 0.3) is 5.91 Å². The van der Waals surface area contributed by atoms with Gasteiger partial charge < -0.3 is 14.5 Å². The summed E-state index contributed by atoms with van der Waals surface area (Å²) in [4.78, 5) is 28.5. The molecule has 29 heavy (non-hydrogen) atoms. The molecule has 0 saturated carbocycles. The van der Waals surface area contributed by atoms with Crippen LogP contribution < -0.4 is 0 Å². The maximum atomic E-state index is 13.4. The number of aromatic amines is 1. The highest BCUT2D eigenvalue weighted by Crippen LogP contribution is 2.27. The van der Waals surface area contributed by atoms with Gasteiger partial charge >= 0.3 is 0 Å². The van der Waals surface area contributed by atoms with Gasteiger partial charge in [-0.1, -0.05) is 30.3 Å². The summed E-state index contributed by atoms with van der Waals surface area (Å²) < 4.78 is 1.97. The van der Waals surface area contributed by atoms with Crippen LogP contribution in [0.3, 0.4) is 0 Å². The third-order valence-corrected chi connectivity index (χ3v) is 6.39. The number of aromatic nitrogens is 4. The number of aryl methyl sites for hydroxylation is 2. The smallest absolute Gasteiger partial charge is 0.274 e. The first-order valence-corrected chi connectivity index (χ1v) is 10.6. The summed E-state index contributed by atoms with van der Waals surface area (Å²) in [6, 6.07) is 14.3. The van der Waals surface area contributed by atoms with Crippen LogP contribution in [0, 0.1) is 0 Å². The molecule has 146 valence electrons. The van der Waals surface area contributed by atoms with Crippen LogP contribution in [0.5, 0.6) is 0 Å². The quantitative estimate of drug-likeness (QED) is 0.553. The topological polar surface area (TPSA) is 66.8 Å². The number of nitrogens with one attached hydrogen (secondary N) is 1. The molecule has 1 aromatic carbocycles. The van der Waals surface area contributed by atoms with Crippen LogP contribution in [0.15, 0.2) is 61.2 Å². The Bertz CT molecular complexity index is 1110. The van der Waals surface area contributed by atoms with Gasteiger partial charge in [0.05, 0.1) is 24.3 Å². The number of benzene rings is 1. The molecule has 1 amide bonds. The first-order chi connectivity index (χ1) is 14.3. The van der Waals surface area contributed by atoms with E-state index in [4.69, 9.17) is 4.98 Å². The van der Waals surface area contributed by atoms with Crippen LogP contribution >= 0.6 is 11.3 Å². The van der Waals surface area contributed by atoms with Crippen molar-refractivity contribution in [3.05, 3.63) is 88.7 Å². The van der Waals surface area contributed by atoms with Gasteiger partial charge in [-0.2, -0.15) is 0 Å². The number of rotatable bonds is 5. The number of nitrogens with zero attached hydrogens (tertiary/aromatic N) is 4. The molecule has 0 saturated heterocycles. The van der Waals surface area contributed by atoms with E-state index in [0.717, 1.165) is 40.7 Å². The standard InChI is InChI=1S/C22H21N5OS/c28-21(27-13-10-17-18(14-27)24-15-23-17)20-19(9-8-16-6-2-1-3-7-16)29-22(25-20)26-11-4-5-12-26/h1-7,11-12,15H,8-10,13-14H2,(H,23,24). The normalized spacial score (nSPS) is 13.4. The van der Waals surface area contributed by atoms with Gasteiger partial charge in [0.2, 0.25) is 0 Å². The van der Waals surface area contributed by atoms with Crippen molar-refractivity contribution < 1.29 is 4.79 Å². The van der Waals surface area contributed by atoms with Crippen molar-refractivity contribution in [1.29, 1.82) is 0 Å². The van der Waals surface area contributed by atoms with Crippen LogP contribution in [0.25, 0.3) is 5.13 Å². The molecule has 4 aromatic rings. The van der Waals surface area contributed by atoms with Gasteiger partial charge in [-0.25, -0.2) is 9.97 Å². The molecule has 1 N–H and O–H groups in total. The summed E-state index contributed by atoms with van der Waals surface area (Å²) in [6.45, 7) is 1.23. The Labute approximate surface area is 172 Å². The summed E-state index contributed by atoms with van der Waals surface area (Å²) >= 11 is 1.60. The third-order valence-electron chi connectivity index (χ3n) is 5.26. The van der Waals surface area contributed by atoms with Gasteiger partial charge in [0.1, 0.15) is 5.69 Å². The molecular formula is C22H21N5OS. The summed E-state index contributed by atoms with van der Waals surface area (Å²) in [6.07, 6.45) is 8.10. The van der Waals surface area contributed by atoms with Gasteiger partial charge in [-0.3, -0.25) is 4.79 Å². The highest BCUT2D eigenvalue weighted by Gasteiger charge is 2.27. The lowest BCUT2D eigenvalue weighted by molar-refractivity contribution is 0.0725. The molecule has 0 spiro atoms. The fraction of sp³-hybridized carbons (Fsp3) is 0.227. The molecule has 3 aromatic heterocycles. The van der Waals surface area contributed by atoms with E-state index in [1.807, 2.05) is 40.1 Å². The van der Waals surface area contributed by atoms with E-state index in [1.54, 1.807) is 17.7 Å². The van der Waals surface area contributed by atoms with Crippen molar-refractivity contribution >= 4 is 17.2 Å². The Balaban J connectivity index is 1.43. The fourth-order valence-electron chi connectivity index (χ4n) is 3.69. The van der Waals surface area contributed by atoms with Crippen molar-refractivity contribution in [3.8, 4) is 5.13 Å². The predicted molar refractivity (Wildman–Crippen MR) is 112 cm³/mol. The molecule has 0 bridgehead atoms. The zero-order valence-electron chi connectivity index (χ0n) is 15.9. The average Bonchev–Trinajstić information content (AvgIpc) is 3.52. The van der Waals surface area contributed by atoms with Crippen LogP contribution in [-0.4, -0.2) is 36.9 Å². The number of carbonyl (C=O) groups excluding carboxylic acids is 1. The Hall–Kier alpha value is -3.19. The largest absolute Gasteiger partial charge is 0.347 e. The third kappa shape index (κ3) is 3.61. The second-order valence-corrected chi connectivity index (χ2v) is 8.21. The SMILES string of the molecule is O=C(c1nc(-n2cccc2)sc1CCc1ccccc1)N1CCc2nc[nH]c2C1. The van der Waals surface area contributed by atoms with E-state index in [1.165, 1.54) is 5.56 Å². The van der Waals surface area contributed by atoms with Gasteiger partial charge in [0.15, 0.2) is 5.13 Å². The van der Waals surface area contributed by atoms with E-state index in [-0.39, 0.29) is 5.91 Å². The van der Waals surface area contributed by atoms with Crippen LogP contribution in [0.2, 0.25) is 0 Å². The van der Waals surface area contributed by atoms with Crippen LogP contribution in [0.4, 0.5) is 0 Å². The molecular weight excluding hydrogens is 382 g/mol. The van der Waals surface area contributed by atoms with Crippen molar-refractivity contribution in [2.75, 3.05) is 6.54 Å². The number of amides is 1. The van der Waals surface area contributed by atoms with Gasteiger partial charge in [-0.15, -0.1) is 11.3 Å². The predicted octanol–water partition coefficient (Wildman–Crippen LogP) is 3.64. The maximum Gasteiger partial charge on any atom is 0.274 e. The minimum atomic E-state index is 0.00275. The van der Waals surface area contributed by atoms with Crippen LogP contribution in [0.1, 0.15) is 32.3 Å². The number of thiazole rings is 1. The molecule has 4 heterocycles. The molecule has 0 unspecified atom stereocenters. The summed E-state index contributed by atoms with van der Waals surface area (Å²) in [5.41, 5.74) is 3.93. The Morgan fingerprint density at radius 2 is 1.93 bits per heavy atom. The van der Waals surface area contributed by atoms with E-state index in [2.05, 4.69) is 34.2 Å². The van der Waals surface area contributed by atoms with E-state index in [9.17, 15) is 4.79 Å². The first-order valence-electron chi connectivity index (χ1n) is 9.75. The molecule has 0 aliphatic carbocycles. The Kier molecular flexibility index (Phi) is 4.73. The first kappa shape index (κ1) is 17.9. The van der Waals surface area contributed by atoms with Crippen molar-refractivity contribution in [1.82, 2.24) is 24.4 Å². The minimum absolute atomic E-state index is 0.00275. The molecule has 5 rings (SSSR count). The number of imidazole rings is 1. The molecule has 1 aliphatic rings. The summed E-state index contributed by atoms with van der Waals surface area (Å²) in [5, 5.41) is 0.834. The number of hydrogen-bond donors (Lipinski definition) is 1. The molecule has 1 aliphatic heterocycles. The lowest BCUT2D eigenvalue weighted by Crippen LogP contribution is -2.36. The molecule has 7 heteroatoms. The summed E-state index contributed by atoms with van der Waals surface area (Å²) in [7, 11) is 0. The molecule has 0 radical (unpaired) electrons. The second kappa shape index (κ2) is 7.67. The number of hydrogen-bond acceptors (Lipinski definition) is 4. The van der Waals surface area contributed by atoms with E-state index < -0.39 is 0 Å². The van der Waals surface area contributed by atoms with Crippen molar-refractivity contribution in [2.24, 2.45) is 0 Å². The lowest BCUT2D eigenvalue weighted by Gasteiger charge is -2.25. The maximum absolute atomic E-state index is 13.4. The Morgan fingerprint density at radius 1 is 1.10 bits per heavy atom. The molecule has 6 nitrogen and oxygen atoms in total. The number of H-pyrrole nitrogens is 1. The fourth-order valence-corrected chi connectivity index (χ4v) is 4.70. The molecule has 0 atom stereocenters.